The van der Waals surface area contributed by atoms with Crippen LogP contribution in [0.2, 0.25) is 0 Å². The Morgan fingerprint density at radius 3 is 3.17 bits per heavy atom. The van der Waals surface area contributed by atoms with Gasteiger partial charge in [0.05, 0.1) is 17.4 Å². The Bertz CT molecular complexity index is 478. The van der Waals surface area contributed by atoms with E-state index in [9.17, 15) is 4.79 Å². The van der Waals surface area contributed by atoms with Crippen LogP contribution in [-0.2, 0) is 24.1 Å². The lowest BCUT2D eigenvalue weighted by Gasteiger charge is -2.23. The van der Waals surface area contributed by atoms with Crippen LogP contribution < -0.4 is 10.9 Å². The van der Waals surface area contributed by atoms with Crippen molar-refractivity contribution < 1.29 is 4.74 Å². The first kappa shape index (κ1) is 11.9. The smallest absolute Gasteiger partial charge is 0.255 e. The summed E-state index contributed by atoms with van der Waals surface area (Å²) in [7, 11) is 0. The average molecular weight is 249 g/mol. The molecule has 0 aliphatic carbocycles. The fourth-order valence-corrected chi connectivity index (χ4v) is 2.69. The summed E-state index contributed by atoms with van der Waals surface area (Å²) in [6.45, 7) is 2.38. The molecule has 1 atom stereocenters. The molecular formula is C13H19N3O2. The van der Waals surface area contributed by atoms with Crippen molar-refractivity contribution in [3.63, 3.8) is 0 Å². The highest BCUT2D eigenvalue weighted by molar-refractivity contribution is 5.20. The average Bonchev–Trinajstić information content (AvgIpc) is 2.40. The van der Waals surface area contributed by atoms with E-state index in [4.69, 9.17) is 4.74 Å². The van der Waals surface area contributed by atoms with Gasteiger partial charge < -0.3 is 15.0 Å². The lowest BCUT2D eigenvalue weighted by atomic mass is 10.1. The van der Waals surface area contributed by atoms with Gasteiger partial charge in [-0.25, -0.2) is 4.98 Å². The molecule has 0 radical (unpaired) electrons. The second-order valence-electron chi connectivity index (χ2n) is 5.06. The molecule has 5 nitrogen and oxygen atoms in total. The summed E-state index contributed by atoms with van der Waals surface area (Å²) in [5.41, 5.74) is 1.77. The SMILES string of the molecule is O=c1[nH]c(CC2CCCCO2)nc2c1CNCC2. The Morgan fingerprint density at radius 1 is 1.39 bits per heavy atom. The van der Waals surface area contributed by atoms with E-state index in [0.29, 0.717) is 6.54 Å². The number of nitrogens with one attached hydrogen (secondary N) is 2. The zero-order valence-electron chi connectivity index (χ0n) is 10.5. The highest BCUT2D eigenvalue weighted by Gasteiger charge is 2.19. The van der Waals surface area contributed by atoms with Crippen LogP contribution in [0, 0.1) is 0 Å². The number of hydrogen-bond donors (Lipinski definition) is 2. The van der Waals surface area contributed by atoms with Crippen LogP contribution in [-0.4, -0.2) is 29.2 Å². The Labute approximate surface area is 106 Å². The lowest BCUT2D eigenvalue weighted by molar-refractivity contribution is 0.0155. The molecule has 2 N–H and O–H groups in total. The summed E-state index contributed by atoms with van der Waals surface area (Å²) in [5.74, 6) is 0.785. The van der Waals surface area contributed by atoms with Crippen LogP contribution in [0.15, 0.2) is 4.79 Å². The fourth-order valence-electron chi connectivity index (χ4n) is 2.69. The van der Waals surface area contributed by atoms with Gasteiger partial charge in [0.1, 0.15) is 5.82 Å². The first-order valence-corrected chi connectivity index (χ1v) is 6.76. The topological polar surface area (TPSA) is 67.0 Å². The summed E-state index contributed by atoms with van der Waals surface area (Å²) in [5, 5.41) is 3.20. The molecule has 0 spiro atoms. The quantitative estimate of drug-likeness (QED) is 0.802. The van der Waals surface area contributed by atoms with Gasteiger partial charge in [0, 0.05) is 32.5 Å². The van der Waals surface area contributed by atoms with Crippen LogP contribution in [0.1, 0.15) is 36.3 Å². The van der Waals surface area contributed by atoms with Crippen molar-refractivity contribution in [1.82, 2.24) is 15.3 Å². The number of ether oxygens (including phenoxy) is 1. The van der Waals surface area contributed by atoms with E-state index in [1.165, 1.54) is 6.42 Å². The molecule has 0 bridgehead atoms. The minimum Gasteiger partial charge on any atom is -0.378 e. The van der Waals surface area contributed by atoms with Gasteiger partial charge in [-0.3, -0.25) is 4.79 Å². The monoisotopic (exact) mass is 249 g/mol. The minimum absolute atomic E-state index is 0.0120. The van der Waals surface area contributed by atoms with Crippen molar-refractivity contribution in [3.8, 4) is 0 Å². The van der Waals surface area contributed by atoms with Gasteiger partial charge in [0.15, 0.2) is 0 Å². The third-order valence-electron chi connectivity index (χ3n) is 3.69. The standard InChI is InChI=1S/C13H19N3O2/c17-13-10-8-14-5-4-11(10)15-12(16-13)7-9-3-1-2-6-18-9/h9,14H,1-8H2,(H,15,16,17). The van der Waals surface area contributed by atoms with Crippen LogP contribution >= 0.6 is 0 Å². The zero-order valence-corrected chi connectivity index (χ0v) is 10.5. The van der Waals surface area contributed by atoms with Crippen molar-refractivity contribution in [2.24, 2.45) is 0 Å². The number of nitrogens with zero attached hydrogens (tertiary/aromatic N) is 1. The predicted octanol–water partition coefficient (Wildman–Crippen LogP) is 0.527. The van der Waals surface area contributed by atoms with Crippen LogP contribution in [0.3, 0.4) is 0 Å². The first-order valence-electron chi connectivity index (χ1n) is 6.76. The van der Waals surface area contributed by atoms with Gasteiger partial charge >= 0.3 is 0 Å². The second-order valence-corrected chi connectivity index (χ2v) is 5.06. The van der Waals surface area contributed by atoms with Gasteiger partial charge in [0.25, 0.3) is 5.56 Å². The number of fused-ring (bicyclic) bond motifs is 1. The van der Waals surface area contributed by atoms with Crippen molar-refractivity contribution >= 4 is 0 Å². The highest BCUT2D eigenvalue weighted by atomic mass is 16.5. The third-order valence-corrected chi connectivity index (χ3v) is 3.69. The zero-order chi connectivity index (χ0) is 12.4. The molecular weight excluding hydrogens is 230 g/mol. The molecule has 1 aromatic rings. The summed E-state index contributed by atoms with van der Waals surface area (Å²) >= 11 is 0. The van der Waals surface area contributed by atoms with E-state index in [1.807, 2.05) is 0 Å². The van der Waals surface area contributed by atoms with E-state index < -0.39 is 0 Å². The molecule has 0 amide bonds. The third kappa shape index (κ3) is 2.47. The largest absolute Gasteiger partial charge is 0.378 e. The first-order chi connectivity index (χ1) is 8.83. The molecule has 1 aromatic heterocycles. The Hall–Kier alpha value is -1.20. The molecule has 3 heterocycles. The highest BCUT2D eigenvalue weighted by Crippen LogP contribution is 2.16. The molecule has 18 heavy (non-hydrogen) atoms. The Morgan fingerprint density at radius 2 is 2.33 bits per heavy atom. The molecule has 0 saturated carbocycles. The number of hydrogen-bond acceptors (Lipinski definition) is 4. The summed E-state index contributed by atoms with van der Waals surface area (Å²) in [6, 6.07) is 0. The normalized spacial score (nSPS) is 23.7. The van der Waals surface area contributed by atoms with Crippen LogP contribution in [0.4, 0.5) is 0 Å². The second kappa shape index (κ2) is 5.20. The van der Waals surface area contributed by atoms with Gasteiger partial charge in [-0.15, -0.1) is 0 Å². The van der Waals surface area contributed by atoms with E-state index in [-0.39, 0.29) is 11.7 Å². The van der Waals surface area contributed by atoms with Crippen LogP contribution in [0.5, 0.6) is 0 Å². The van der Waals surface area contributed by atoms with Gasteiger partial charge in [-0.05, 0) is 19.3 Å². The fraction of sp³-hybridized carbons (Fsp3) is 0.692. The number of aromatic nitrogens is 2. The maximum atomic E-state index is 11.9. The summed E-state index contributed by atoms with van der Waals surface area (Å²) in [4.78, 5) is 19.4. The molecule has 0 aromatic carbocycles. The van der Waals surface area contributed by atoms with Crippen molar-refractivity contribution in [1.29, 1.82) is 0 Å². The minimum atomic E-state index is 0.0120. The van der Waals surface area contributed by atoms with Gasteiger partial charge in [0.2, 0.25) is 0 Å². The number of aromatic amines is 1. The lowest BCUT2D eigenvalue weighted by Crippen LogP contribution is -2.33. The van der Waals surface area contributed by atoms with Crippen molar-refractivity contribution in [2.45, 2.75) is 44.8 Å². The van der Waals surface area contributed by atoms with Crippen molar-refractivity contribution in [2.75, 3.05) is 13.2 Å². The molecule has 5 heteroatoms. The van der Waals surface area contributed by atoms with Gasteiger partial charge in [-0.2, -0.15) is 0 Å². The number of H-pyrrole nitrogens is 1. The van der Waals surface area contributed by atoms with Gasteiger partial charge in [-0.1, -0.05) is 0 Å². The molecule has 3 rings (SSSR count). The number of rotatable bonds is 2. The molecule has 1 fully saturated rings. The van der Waals surface area contributed by atoms with Crippen LogP contribution in [0.25, 0.3) is 0 Å². The van der Waals surface area contributed by atoms with E-state index in [1.54, 1.807) is 0 Å². The van der Waals surface area contributed by atoms with E-state index >= 15 is 0 Å². The maximum Gasteiger partial charge on any atom is 0.255 e. The summed E-state index contributed by atoms with van der Waals surface area (Å²) in [6.07, 6.45) is 5.23. The van der Waals surface area contributed by atoms with Crippen molar-refractivity contribution in [3.05, 3.63) is 27.4 Å². The molecule has 2 aliphatic heterocycles. The maximum absolute atomic E-state index is 11.9. The predicted molar refractivity (Wildman–Crippen MR) is 67.6 cm³/mol. The molecule has 1 saturated heterocycles. The van der Waals surface area contributed by atoms with E-state index in [2.05, 4.69) is 15.3 Å². The van der Waals surface area contributed by atoms with E-state index in [0.717, 1.165) is 55.9 Å². The molecule has 1 unspecified atom stereocenters. The molecule has 2 aliphatic rings. The molecule has 98 valence electrons. The Balaban J connectivity index is 1.80. The Kier molecular flexibility index (Phi) is 3.43. The summed E-state index contributed by atoms with van der Waals surface area (Å²) < 4.78 is 5.69.